The quantitative estimate of drug-likeness (QED) is 0.870. The fourth-order valence-corrected chi connectivity index (χ4v) is 1.61. The van der Waals surface area contributed by atoms with E-state index in [1.165, 1.54) is 50.7 Å². The standard InChI is InChI=1S/C14H13FN2O3/c1-19-10-3-4-11(15)12(8-10)17-13-7-9(5-6-16-13)14(18)20-2/h3-8H,1-2H3,(H,16,17). The molecular weight excluding hydrogens is 263 g/mol. The van der Waals surface area contributed by atoms with Crippen LogP contribution < -0.4 is 10.1 Å². The van der Waals surface area contributed by atoms with Crippen LogP contribution in [0.25, 0.3) is 0 Å². The van der Waals surface area contributed by atoms with E-state index in [9.17, 15) is 9.18 Å². The zero-order chi connectivity index (χ0) is 14.5. The Morgan fingerprint density at radius 1 is 1.25 bits per heavy atom. The predicted molar refractivity (Wildman–Crippen MR) is 71.8 cm³/mol. The molecule has 1 aromatic carbocycles. The number of rotatable bonds is 4. The van der Waals surface area contributed by atoms with Crippen molar-refractivity contribution in [2.45, 2.75) is 0 Å². The first-order valence-electron chi connectivity index (χ1n) is 5.79. The molecule has 20 heavy (non-hydrogen) atoms. The minimum absolute atomic E-state index is 0.207. The number of anilines is 2. The van der Waals surface area contributed by atoms with Gasteiger partial charge in [-0.1, -0.05) is 0 Å². The fraction of sp³-hybridized carbons (Fsp3) is 0.143. The lowest BCUT2D eigenvalue weighted by Gasteiger charge is -2.09. The molecule has 0 atom stereocenters. The number of carbonyl (C=O) groups is 1. The van der Waals surface area contributed by atoms with Gasteiger partial charge in [-0.05, 0) is 24.3 Å². The second-order valence-corrected chi connectivity index (χ2v) is 3.89. The lowest BCUT2D eigenvalue weighted by Crippen LogP contribution is -2.03. The number of esters is 1. The second-order valence-electron chi connectivity index (χ2n) is 3.89. The van der Waals surface area contributed by atoms with Crippen molar-refractivity contribution >= 4 is 17.5 Å². The van der Waals surface area contributed by atoms with E-state index in [0.717, 1.165) is 0 Å². The van der Waals surface area contributed by atoms with Crippen molar-refractivity contribution in [3.8, 4) is 5.75 Å². The molecule has 1 heterocycles. The van der Waals surface area contributed by atoms with Crippen molar-refractivity contribution in [2.24, 2.45) is 0 Å². The summed E-state index contributed by atoms with van der Waals surface area (Å²) in [6.45, 7) is 0. The van der Waals surface area contributed by atoms with Crippen LogP contribution in [0.15, 0.2) is 36.5 Å². The molecule has 104 valence electrons. The number of pyridine rings is 1. The Bertz CT molecular complexity index is 632. The molecule has 2 aromatic rings. The molecule has 0 amide bonds. The van der Waals surface area contributed by atoms with E-state index in [4.69, 9.17) is 4.74 Å². The topological polar surface area (TPSA) is 60.5 Å². The van der Waals surface area contributed by atoms with Gasteiger partial charge in [-0.3, -0.25) is 0 Å². The monoisotopic (exact) mass is 276 g/mol. The van der Waals surface area contributed by atoms with Crippen molar-refractivity contribution in [3.63, 3.8) is 0 Å². The van der Waals surface area contributed by atoms with Crippen molar-refractivity contribution in [2.75, 3.05) is 19.5 Å². The summed E-state index contributed by atoms with van der Waals surface area (Å²) >= 11 is 0. The summed E-state index contributed by atoms with van der Waals surface area (Å²) in [5.74, 6) is -0.0873. The number of methoxy groups -OCH3 is 2. The Balaban J connectivity index is 2.28. The van der Waals surface area contributed by atoms with Gasteiger partial charge in [-0.15, -0.1) is 0 Å². The Morgan fingerprint density at radius 3 is 2.75 bits per heavy atom. The number of nitrogens with zero attached hydrogens (tertiary/aromatic N) is 1. The van der Waals surface area contributed by atoms with Gasteiger partial charge in [0.05, 0.1) is 25.5 Å². The van der Waals surface area contributed by atoms with Crippen LogP contribution in [0.3, 0.4) is 0 Å². The predicted octanol–water partition coefficient (Wildman–Crippen LogP) is 2.76. The van der Waals surface area contributed by atoms with Gasteiger partial charge in [-0.2, -0.15) is 0 Å². The Morgan fingerprint density at radius 2 is 2.05 bits per heavy atom. The molecule has 0 spiro atoms. The molecule has 0 bridgehead atoms. The number of hydrogen-bond donors (Lipinski definition) is 1. The smallest absolute Gasteiger partial charge is 0.338 e. The molecule has 0 aliphatic rings. The largest absolute Gasteiger partial charge is 0.497 e. The highest BCUT2D eigenvalue weighted by molar-refractivity contribution is 5.90. The number of nitrogens with one attached hydrogen (secondary N) is 1. The molecule has 2 rings (SSSR count). The van der Waals surface area contributed by atoms with E-state index < -0.39 is 11.8 Å². The fourth-order valence-electron chi connectivity index (χ4n) is 1.61. The van der Waals surface area contributed by atoms with Gasteiger partial charge in [0.15, 0.2) is 0 Å². The summed E-state index contributed by atoms with van der Waals surface area (Å²) in [5, 5.41) is 2.79. The first kappa shape index (κ1) is 13.8. The van der Waals surface area contributed by atoms with Gasteiger partial charge in [0.25, 0.3) is 0 Å². The highest BCUT2D eigenvalue weighted by atomic mass is 19.1. The van der Waals surface area contributed by atoms with E-state index in [1.54, 1.807) is 0 Å². The molecular formula is C14H13FN2O3. The van der Waals surface area contributed by atoms with Gasteiger partial charge < -0.3 is 14.8 Å². The van der Waals surface area contributed by atoms with Crippen LogP contribution in [0.5, 0.6) is 5.75 Å². The minimum atomic E-state index is -0.485. The van der Waals surface area contributed by atoms with Crippen LogP contribution in [0.1, 0.15) is 10.4 Å². The first-order chi connectivity index (χ1) is 9.63. The molecule has 5 nitrogen and oxygen atoms in total. The molecule has 0 saturated heterocycles. The summed E-state index contributed by atoms with van der Waals surface area (Å²) in [5.41, 5.74) is 0.534. The molecule has 0 aliphatic carbocycles. The Kier molecular flexibility index (Phi) is 4.14. The average molecular weight is 276 g/mol. The van der Waals surface area contributed by atoms with Crippen LogP contribution in [0, 0.1) is 5.82 Å². The maximum atomic E-state index is 13.7. The van der Waals surface area contributed by atoms with Crippen LogP contribution in [0.2, 0.25) is 0 Å². The van der Waals surface area contributed by atoms with Gasteiger partial charge >= 0.3 is 5.97 Å². The molecule has 1 N–H and O–H groups in total. The molecule has 0 fully saturated rings. The normalized spacial score (nSPS) is 9.95. The van der Waals surface area contributed by atoms with E-state index >= 15 is 0 Å². The van der Waals surface area contributed by atoms with Gasteiger partial charge in [0, 0.05) is 12.3 Å². The SMILES string of the molecule is COC(=O)c1ccnc(Nc2cc(OC)ccc2F)c1. The number of benzene rings is 1. The van der Waals surface area contributed by atoms with Crippen LogP contribution in [-0.4, -0.2) is 25.2 Å². The average Bonchev–Trinajstić information content (AvgIpc) is 2.49. The number of carbonyl (C=O) groups excluding carboxylic acids is 1. The minimum Gasteiger partial charge on any atom is -0.497 e. The lowest BCUT2D eigenvalue weighted by atomic mass is 10.2. The van der Waals surface area contributed by atoms with Crippen LogP contribution in [0.4, 0.5) is 15.9 Å². The summed E-state index contributed by atoms with van der Waals surface area (Å²) in [6.07, 6.45) is 1.44. The number of halogens is 1. The van der Waals surface area contributed by atoms with Crippen molar-refractivity contribution in [1.29, 1.82) is 0 Å². The van der Waals surface area contributed by atoms with E-state index in [-0.39, 0.29) is 5.69 Å². The summed E-state index contributed by atoms with van der Waals surface area (Å²) < 4.78 is 23.3. The van der Waals surface area contributed by atoms with Gasteiger partial charge in [-0.25, -0.2) is 14.2 Å². The van der Waals surface area contributed by atoms with Crippen LogP contribution in [-0.2, 0) is 4.74 Å². The zero-order valence-electron chi connectivity index (χ0n) is 11.0. The second kappa shape index (κ2) is 6.01. The molecule has 0 unspecified atom stereocenters. The molecule has 1 aromatic heterocycles. The van der Waals surface area contributed by atoms with Crippen molar-refractivity contribution in [3.05, 3.63) is 47.9 Å². The van der Waals surface area contributed by atoms with E-state index in [1.807, 2.05) is 0 Å². The van der Waals surface area contributed by atoms with Crippen molar-refractivity contribution < 1.29 is 18.7 Å². The summed E-state index contributed by atoms with van der Waals surface area (Å²) in [4.78, 5) is 15.4. The number of hydrogen-bond acceptors (Lipinski definition) is 5. The summed E-state index contributed by atoms with van der Waals surface area (Å²) in [6, 6.07) is 7.29. The Labute approximate surface area is 115 Å². The van der Waals surface area contributed by atoms with Gasteiger partial charge in [0.2, 0.25) is 0 Å². The molecule has 0 aliphatic heterocycles. The zero-order valence-corrected chi connectivity index (χ0v) is 11.0. The van der Waals surface area contributed by atoms with E-state index in [0.29, 0.717) is 17.1 Å². The molecule has 6 heteroatoms. The molecule has 0 radical (unpaired) electrons. The molecule has 0 saturated carbocycles. The number of ether oxygens (including phenoxy) is 2. The van der Waals surface area contributed by atoms with Crippen molar-refractivity contribution in [1.82, 2.24) is 4.98 Å². The highest BCUT2D eigenvalue weighted by Gasteiger charge is 2.09. The third-order valence-electron chi connectivity index (χ3n) is 2.62. The highest BCUT2D eigenvalue weighted by Crippen LogP contribution is 2.24. The first-order valence-corrected chi connectivity index (χ1v) is 5.79. The van der Waals surface area contributed by atoms with Crippen LogP contribution >= 0.6 is 0 Å². The Hall–Kier alpha value is -2.63. The lowest BCUT2D eigenvalue weighted by molar-refractivity contribution is 0.0600. The maximum absolute atomic E-state index is 13.7. The summed E-state index contributed by atoms with van der Waals surface area (Å²) in [7, 11) is 2.78. The third kappa shape index (κ3) is 3.03. The van der Waals surface area contributed by atoms with E-state index in [2.05, 4.69) is 15.0 Å². The third-order valence-corrected chi connectivity index (χ3v) is 2.62. The van der Waals surface area contributed by atoms with Gasteiger partial charge in [0.1, 0.15) is 17.4 Å². The number of aromatic nitrogens is 1. The maximum Gasteiger partial charge on any atom is 0.338 e.